The number of ether oxygens (including phenoxy) is 2. The van der Waals surface area contributed by atoms with E-state index in [1.165, 1.54) is 18.2 Å². The summed E-state index contributed by atoms with van der Waals surface area (Å²) in [4.78, 5) is 15.8. The minimum atomic E-state index is -0.845. The molecule has 7 nitrogen and oxygen atoms in total. The molecule has 0 amide bonds. The van der Waals surface area contributed by atoms with Crippen molar-refractivity contribution >= 4 is 39.4 Å². The molecule has 0 saturated heterocycles. The Bertz CT molecular complexity index is 1910. The summed E-state index contributed by atoms with van der Waals surface area (Å²) in [7, 11) is 3.35. The van der Waals surface area contributed by atoms with Crippen LogP contribution in [0.4, 0.5) is 0 Å². The SMILES string of the molecule is CC[C@@H]1CN(Cc2cc(C(c3ccc4c(nnn4C)c3C)C(C)(C)C(=O)OC)ccc2C)Cc2cc(Cl)c3ccccc3c2O1. The first kappa shape index (κ1) is 31.1. The van der Waals surface area contributed by atoms with E-state index < -0.39 is 5.41 Å². The number of carbonyl (C=O) groups excluding carboxylic acids is 1. The molecule has 2 heterocycles. The smallest absolute Gasteiger partial charge is 0.312 e. The van der Waals surface area contributed by atoms with Crippen LogP contribution in [0.5, 0.6) is 5.75 Å². The van der Waals surface area contributed by atoms with Gasteiger partial charge in [-0.15, -0.1) is 5.10 Å². The van der Waals surface area contributed by atoms with E-state index in [-0.39, 0.29) is 18.0 Å². The van der Waals surface area contributed by atoms with Gasteiger partial charge in [-0.2, -0.15) is 0 Å². The molecule has 1 aromatic heterocycles. The van der Waals surface area contributed by atoms with Gasteiger partial charge in [0.2, 0.25) is 0 Å². The molecule has 0 saturated carbocycles. The average molecular weight is 625 g/mol. The van der Waals surface area contributed by atoms with Crippen LogP contribution < -0.4 is 4.74 Å². The zero-order valence-electron chi connectivity index (χ0n) is 27.1. The van der Waals surface area contributed by atoms with Crippen molar-refractivity contribution in [3.8, 4) is 5.75 Å². The van der Waals surface area contributed by atoms with Gasteiger partial charge in [0.1, 0.15) is 17.4 Å². The van der Waals surface area contributed by atoms with Crippen molar-refractivity contribution in [1.82, 2.24) is 19.9 Å². The first-order valence-electron chi connectivity index (χ1n) is 15.6. The van der Waals surface area contributed by atoms with Crippen LogP contribution in [0.15, 0.2) is 60.7 Å². The average Bonchev–Trinajstić information content (AvgIpc) is 3.31. The van der Waals surface area contributed by atoms with E-state index in [1.54, 1.807) is 4.68 Å². The molecule has 1 aliphatic rings. The Labute approximate surface area is 270 Å². The van der Waals surface area contributed by atoms with E-state index in [2.05, 4.69) is 78.4 Å². The number of aryl methyl sites for hydroxylation is 3. The fraction of sp³-hybridized carbons (Fsp3) is 0.378. The maximum Gasteiger partial charge on any atom is 0.312 e. The van der Waals surface area contributed by atoms with E-state index in [1.807, 2.05) is 39.1 Å². The van der Waals surface area contributed by atoms with Gasteiger partial charge in [0.05, 0.1) is 18.0 Å². The molecule has 1 unspecified atom stereocenters. The summed E-state index contributed by atoms with van der Waals surface area (Å²) in [5.74, 6) is 0.409. The molecule has 8 heteroatoms. The lowest BCUT2D eigenvalue weighted by molar-refractivity contribution is -0.151. The maximum atomic E-state index is 13.3. The summed E-state index contributed by atoms with van der Waals surface area (Å²) in [5, 5.41) is 11.5. The second-order valence-corrected chi connectivity index (χ2v) is 13.3. The summed E-state index contributed by atoms with van der Waals surface area (Å²) < 4.78 is 13.8. The zero-order chi connectivity index (χ0) is 32.0. The maximum absolute atomic E-state index is 13.3. The zero-order valence-corrected chi connectivity index (χ0v) is 27.9. The summed E-state index contributed by atoms with van der Waals surface area (Å²) in [6, 6.07) is 21.0. The Hall–Kier alpha value is -3.94. The van der Waals surface area contributed by atoms with Crippen LogP contribution in [0.3, 0.4) is 0 Å². The number of benzene rings is 4. The Morgan fingerprint density at radius 2 is 1.87 bits per heavy atom. The van der Waals surface area contributed by atoms with Gasteiger partial charge in [-0.25, -0.2) is 4.68 Å². The van der Waals surface area contributed by atoms with Crippen molar-refractivity contribution in [1.29, 1.82) is 0 Å². The number of fused-ring (bicyclic) bond motifs is 4. The number of esters is 1. The number of halogens is 1. The monoisotopic (exact) mass is 624 g/mol. The summed E-state index contributed by atoms with van der Waals surface area (Å²) >= 11 is 6.77. The number of hydrogen-bond acceptors (Lipinski definition) is 6. The molecule has 5 aromatic rings. The molecule has 0 bridgehead atoms. The Kier molecular flexibility index (Phi) is 8.35. The topological polar surface area (TPSA) is 69.5 Å². The highest BCUT2D eigenvalue weighted by Gasteiger charge is 2.41. The van der Waals surface area contributed by atoms with E-state index >= 15 is 0 Å². The van der Waals surface area contributed by atoms with Gasteiger partial charge in [-0.3, -0.25) is 9.69 Å². The van der Waals surface area contributed by atoms with Crippen molar-refractivity contribution in [2.45, 2.75) is 66.2 Å². The van der Waals surface area contributed by atoms with Crippen LogP contribution in [-0.4, -0.2) is 45.6 Å². The normalized spacial score (nSPS) is 16.3. The largest absolute Gasteiger partial charge is 0.488 e. The number of hydrogen-bond donors (Lipinski definition) is 0. The van der Waals surface area contributed by atoms with Gasteiger partial charge in [0.25, 0.3) is 0 Å². The fourth-order valence-corrected chi connectivity index (χ4v) is 7.25. The summed E-state index contributed by atoms with van der Waals surface area (Å²) in [5.41, 5.74) is 7.57. The second-order valence-electron chi connectivity index (χ2n) is 12.9. The predicted octanol–water partition coefficient (Wildman–Crippen LogP) is 7.90. The van der Waals surface area contributed by atoms with Gasteiger partial charge >= 0.3 is 5.97 Å². The van der Waals surface area contributed by atoms with E-state index in [0.29, 0.717) is 0 Å². The summed E-state index contributed by atoms with van der Waals surface area (Å²) in [6.07, 6.45) is 0.942. The lowest BCUT2D eigenvalue weighted by atomic mass is 9.69. The molecule has 0 aliphatic carbocycles. The Morgan fingerprint density at radius 1 is 1.11 bits per heavy atom. The van der Waals surface area contributed by atoms with Gasteiger partial charge in [0, 0.05) is 54.0 Å². The van der Waals surface area contributed by atoms with Gasteiger partial charge in [0.15, 0.2) is 0 Å². The lowest BCUT2D eigenvalue weighted by Gasteiger charge is -2.34. The van der Waals surface area contributed by atoms with Crippen molar-refractivity contribution < 1.29 is 14.3 Å². The molecular formula is C37H41ClN4O3. The van der Waals surface area contributed by atoms with Crippen LogP contribution in [-0.2, 0) is 29.7 Å². The van der Waals surface area contributed by atoms with Gasteiger partial charge < -0.3 is 9.47 Å². The van der Waals surface area contributed by atoms with Crippen molar-refractivity contribution in [2.75, 3.05) is 13.7 Å². The molecule has 0 radical (unpaired) electrons. The van der Waals surface area contributed by atoms with Crippen LogP contribution in [0.25, 0.3) is 21.8 Å². The van der Waals surface area contributed by atoms with E-state index in [4.69, 9.17) is 21.1 Å². The van der Waals surface area contributed by atoms with Crippen LogP contribution >= 0.6 is 11.6 Å². The predicted molar refractivity (Wildman–Crippen MR) is 180 cm³/mol. The van der Waals surface area contributed by atoms with Crippen LogP contribution in [0, 0.1) is 19.3 Å². The molecule has 45 heavy (non-hydrogen) atoms. The minimum absolute atomic E-state index is 0.0479. The highest BCUT2D eigenvalue weighted by Crippen LogP contribution is 2.45. The molecule has 1 aliphatic heterocycles. The standard InChI is InChI=1S/C37H41ClN4O3/c1-8-27-21-42(20-26-18-31(38)29-11-9-10-12-30(29)35(26)45-27)19-25-17-24(14-13-22(25)2)33(37(4,5)36(43)44-7)28-15-16-32-34(23(28)3)39-40-41(32)6/h9-18,27,33H,8,19-21H2,1-7H3/t27-,33?/m1/s1. The quantitative estimate of drug-likeness (QED) is 0.172. The van der Waals surface area contributed by atoms with Crippen molar-refractivity contribution in [3.05, 3.63) is 99.1 Å². The Morgan fingerprint density at radius 3 is 2.60 bits per heavy atom. The van der Waals surface area contributed by atoms with Crippen LogP contribution in [0.1, 0.15) is 66.5 Å². The molecule has 0 N–H and O–H groups in total. The van der Waals surface area contributed by atoms with Crippen molar-refractivity contribution in [2.24, 2.45) is 12.5 Å². The molecule has 4 aromatic carbocycles. The van der Waals surface area contributed by atoms with Crippen LogP contribution in [0.2, 0.25) is 5.02 Å². The number of aromatic nitrogens is 3. The minimum Gasteiger partial charge on any atom is -0.488 e. The number of rotatable bonds is 7. The van der Waals surface area contributed by atoms with Gasteiger partial charge in [-0.05, 0) is 74.1 Å². The third kappa shape index (κ3) is 5.57. The third-order valence-electron chi connectivity index (χ3n) is 9.54. The number of methoxy groups -OCH3 is 1. The highest BCUT2D eigenvalue weighted by atomic mass is 35.5. The van der Waals surface area contributed by atoms with Crippen molar-refractivity contribution in [3.63, 3.8) is 0 Å². The molecule has 6 rings (SSSR count). The second kappa shape index (κ2) is 12.1. The number of nitrogens with zero attached hydrogens (tertiary/aromatic N) is 4. The first-order valence-corrected chi connectivity index (χ1v) is 16.0. The molecule has 2 atom stereocenters. The third-order valence-corrected chi connectivity index (χ3v) is 9.85. The molecule has 234 valence electrons. The van der Waals surface area contributed by atoms with E-state index in [0.717, 1.165) is 80.9 Å². The molecular weight excluding hydrogens is 584 g/mol. The summed E-state index contributed by atoms with van der Waals surface area (Å²) in [6.45, 7) is 12.6. The highest BCUT2D eigenvalue weighted by molar-refractivity contribution is 6.36. The van der Waals surface area contributed by atoms with Gasteiger partial charge in [-0.1, -0.05) is 72.3 Å². The first-order chi connectivity index (χ1) is 21.5. The van der Waals surface area contributed by atoms with E-state index in [9.17, 15) is 4.79 Å². The lowest BCUT2D eigenvalue weighted by Crippen LogP contribution is -2.34. The Balaban J connectivity index is 1.42. The fourth-order valence-electron chi connectivity index (χ4n) is 6.96. The molecule has 0 spiro atoms. The molecule has 0 fully saturated rings. The number of carbonyl (C=O) groups is 1.